The average molecular weight is 341 g/mol. The highest BCUT2D eigenvalue weighted by Crippen LogP contribution is 2.35. The second-order valence-corrected chi connectivity index (χ2v) is 6.81. The maximum Gasteiger partial charge on any atom is 0.236 e. The third-order valence-electron chi connectivity index (χ3n) is 5.31. The van der Waals surface area contributed by atoms with Crippen molar-refractivity contribution in [3.05, 3.63) is 35.4 Å². The standard InChI is InChI=1S/C20H27N3O2/c1-2-9-21-10-12-22(13-11-21)20(25)16-23(14-15-24)19-8-7-17-5-3-4-6-18(17)19/h1,3-6,19,24H,7-16H2. The van der Waals surface area contributed by atoms with E-state index >= 15 is 0 Å². The van der Waals surface area contributed by atoms with Crippen LogP contribution in [0.1, 0.15) is 23.6 Å². The fraction of sp³-hybridized carbons (Fsp3) is 0.550. The van der Waals surface area contributed by atoms with Gasteiger partial charge in [0.15, 0.2) is 0 Å². The van der Waals surface area contributed by atoms with Crippen LogP contribution in [-0.4, -0.2) is 78.1 Å². The molecule has 1 saturated heterocycles. The minimum atomic E-state index is 0.0713. The highest BCUT2D eigenvalue weighted by Gasteiger charge is 2.30. The van der Waals surface area contributed by atoms with Crippen molar-refractivity contribution in [3.8, 4) is 12.3 Å². The van der Waals surface area contributed by atoms with Crippen molar-refractivity contribution in [3.63, 3.8) is 0 Å². The molecule has 1 heterocycles. The zero-order chi connectivity index (χ0) is 17.6. The van der Waals surface area contributed by atoms with Crippen LogP contribution < -0.4 is 0 Å². The third kappa shape index (κ3) is 4.21. The Morgan fingerprint density at radius 2 is 2.04 bits per heavy atom. The molecule has 0 spiro atoms. The minimum Gasteiger partial charge on any atom is -0.395 e. The summed E-state index contributed by atoms with van der Waals surface area (Å²) in [5.41, 5.74) is 2.67. The Morgan fingerprint density at radius 3 is 2.76 bits per heavy atom. The van der Waals surface area contributed by atoms with Gasteiger partial charge in [-0.25, -0.2) is 0 Å². The van der Waals surface area contributed by atoms with Gasteiger partial charge in [-0.05, 0) is 24.0 Å². The van der Waals surface area contributed by atoms with Crippen LogP contribution in [0, 0.1) is 12.3 Å². The van der Waals surface area contributed by atoms with Gasteiger partial charge in [-0.15, -0.1) is 6.42 Å². The Labute approximate surface area is 150 Å². The molecule has 1 amide bonds. The molecule has 1 aliphatic heterocycles. The molecule has 1 N–H and O–H groups in total. The van der Waals surface area contributed by atoms with Gasteiger partial charge in [0.05, 0.1) is 19.7 Å². The van der Waals surface area contributed by atoms with E-state index < -0.39 is 0 Å². The minimum absolute atomic E-state index is 0.0713. The number of rotatable bonds is 6. The normalized spacial score (nSPS) is 20.5. The van der Waals surface area contributed by atoms with Crippen LogP contribution in [0.2, 0.25) is 0 Å². The van der Waals surface area contributed by atoms with Crippen LogP contribution >= 0.6 is 0 Å². The first-order valence-electron chi connectivity index (χ1n) is 9.09. The van der Waals surface area contributed by atoms with Gasteiger partial charge in [-0.3, -0.25) is 14.6 Å². The summed E-state index contributed by atoms with van der Waals surface area (Å²) in [5, 5.41) is 9.47. The smallest absolute Gasteiger partial charge is 0.236 e. The lowest BCUT2D eigenvalue weighted by Gasteiger charge is -2.36. The Morgan fingerprint density at radius 1 is 1.28 bits per heavy atom. The van der Waals surface area contributed by atoms with Crippen LogP contribution in [-0.2, 0) is 11.2 Å². The first-order valence-corrected chi connectivity index (χ1v) is 9.09. The summed E-state index contributed by atoms with van der Waals surface area (Å²) in [6.07, 6.45) is 7.42. The summed E-state index contributed by atoms with van der Waals surface area (Å²) >= 11 is 0. The molecule has 0 aromatic heterocycles. The van der Waals surface area contributed by atoms with Gasteiger partial charge >= 0.3 is 0 Å². The molecule has 5 nitrogen and oxygen atoms in total. The lowest BCUT2D eigenvalue weighted by molar-refractivity contribution is -0.134. The van der Waals surface area contributed by atoms with Crippen LogP contribution in [0.3, 0.4) is 0 Å². The number of benzene rings is 1. The summed E-state index contributed by atoms with van der Waals surface area (Å²) < 4.78 is 0. The Hall–Kier alpha value is -1.87. The maximum atomic E-state index is 12.8. The summed E-state index contributed by atoms with van der Waals surface area (Å²) in [6.45, 7) is 4.75. The van der Waals surface area contributed by atoms with Gasteiger partial charge in [0.1, 0.15) is 0 Å². The van der Waals surface area contributed by atoms with Gasteiger partial charge in [-0.2, -0.15) is 0 Å². The molecule has 1 unspecified atom stereocenters. The SMILES string of the molecule is C#CCN1CCN(C(=O)CN(CCO)C2CCc3ccccc32)CC1. The van der Waals surface area contributed by atoms with Crippen molar-refractivity contribution in [2.24, 2.45) is 0 Å². The fourth-order valence-electron chi connectivity index (χ4n) is 3.95. The average Bonchev–Trinajstić information content (AvgIpc) is 3.06. The van der Waals surface area contributed by atoms with Crippen LogP contribution in [0.4, 0.5) is 0 Å². The van der Waals surface area contributed by atoms with Gasteiger partial charge in [0.25, 0.3) is 0 Å². The van der Waals surface area contributed by atoms with E-state index in [4.69, 9.17) is 6.42 Å². The number of carbonyl (C=O) groups is 1. The first kappa shape index (κ1) is 17.9. The van der Waals surface area contributed by atoms with Crippen LogP contribution in [0.15, 0.2) is 24.3 Å². The van der Waals surface area contributed by atoms with Crippen molar-refractivity contribution in [2.75, 3.05) is 52.4 Å². The molecule has 5 heteroatoms. The first-order chi connectivity index (χ1) is 12.2. The number of nitrogens with zero attached hydrogens (tertiary/aromatic N) is 3. The molecule has 25 heavy (non-hydrogen) atoms. The number of aliphatic hydroxyl groups excluding tert-OH is 1. The van der Waals surface area contributed by atoms with Crippen molar-refractivity contribution >= 4 is 5.91 Å². The lowest BCUT2D eigenvalue weighted by atomic mass is 10.1. The molecule has 1 aromatic rings. The molecule has 0 saturated carbocycles. The molecule has 3 rings (SSSR count). The number of piperazine rings is 1. The summed E-state index contributed by atoms with van der Waals surface area (Å²) in [6, 6.07) is 8.67. The lowest BCUT2D eigenvalue weighted by Crippen LogP contribution is -2.51. The largest absolute Gasteiger partial charge is 0.395 e. The Kier molecular flexibility index (Phi) is 6.09. The Balaban J connectivity index is 1.61. The predicted molar refractivity (Wildman–Crippen MR) is 98.0 cm³/mol. The molecule has 134 valence electrons. The van der Waals surface area contributed by atoms with E-state index in [0.717, 1.165) is 39.0 Å². The van der Waals surface area contributed by atoms with E-state index in [-0.39, 0.29) is 18.6 Å². The number of aliphatic hydroxyl groups is 1. The molecule has 1 aliphatic carbocycles. The molecule has 2 aliphatic rings. The van der Waals surface area contributed by atoms with Gasteiger partial charge in [0.2, 0.25) is 5.91 Å². The highest BCUT2D eigenvalue weighted by atomic mass is 16.3. The number of hydrogen-bond acceptors (Lipinski definition) is 4. The van der Waals surface area contributed by atoms with Crippen molar-refractivity contribution in [2.45, 2.75) is 18.9 Å². The molecular formula is C20H27N3O2. The zero-order valence-corrected chi connectivity index (χ0v) is 14.7. The van der Waals surface area contributed by atoms with Crippen LogP contribution in [0.5, 0.6) is 0 Å². The van der Waals surface area contributed by atoms with E-state index in [1.807, 2.05) is 4.90 Å². The molecular weight excluding hydrogens is 314 g/mol. The maximum absolute atomic E-state index is 12.8. The predicted octanol–water partition coefficient (Wildman–Crippen LogP) is 0.746. The summed E-state index contributed by atoms with van der Waals surface area (Å²) in [7, 11) is 0. The van der Waals surface area contributed by atoms with Crippen molar-refractivity contribution < 1.29 is 9.90 Å². The van der Waals surface area contributed by atoms with Gasteiger partial charge in [0, 0.05) is 38.8 Å². The second kappa shape index (κ2) is 8.48. The number of aryl methyl sites for hydroxylation is 1. The van der Waals surface area contributed by atoms with E-state index in [1.54, 1.807) is 0 Å². The van der Waals surface area contributed by atoms with Crippen LogP contribution in [0.25, 0.3) is 0 Å². The van der Waals surface area contributed by atoms with E-state index in [2.05, 4.69) is 40.0 Å². The molecule has 1 atom stereocenters. The third-order valence-corrected chi connectivity index (χ3v) is 5.31. The van der Waals surface area contributed by atoms with Gasteiger partial charge < -0.3 is 10.0 Å². The molecule has 1 aromatic carbocycles. The highest BCUT2D eigenvalue weighted by molar-refractivity contribution is 5.78. The molecule has 1 fully saturated rings. The molecule has 0 radical (unpaired) electrons. The number of terminal acetylenes is 1. The number of carbonyl (C=O) groups excluding carboxylic acids is 1. The monoisotopic (exact) mass is 341 g/mol. The summed E-state index contributed by atoms with van der Waals surface area (Å²) in [5.74, 6) is 2.81. The Bertz CT molecular complexity index is 632. The number of hydrogen-bond donors (Lipinski definition) is 1. The van der Waals surface area contributed by atoms with E-state index in [0.29, 0.717) is 19.6 Å². The van der Waals surface area contributed by atoms with Crippen molar-refractivity contribution in [1.29, 1.82) is 0 Å². The van der Waals surface area contributed by atoms with E-state index in [9.17, 15) is 9.90 Å². The van der Waals surface area contributed by atoms with Gasteiger partial charge in [-0.1, -0.05) is 30.2 Å². The number of fused-ring (bicyclic) bond motifs is 1. The zero-order valence-electron chi connectivity index (χ0n) is 14.7. The molecule has 0 bridgehead atoms. The second-order valence-electron chi connectivity index (χ2n) is 6.81. The fourth-order valence-corrected chi connectivity index (χ4v) is 3.95. The quantitative estimate of drug-likeness (QED) is 0.776. The summed E-state index contributed by atoms with van der Waals surface area (Å²) in [4.78, 5) is 19.0. The number of amides is 1. The topological polar surface area (TPSA) is 47.0 Å². The van der Waals surface area contributed by atoms with E-state index in [1.165, 1.54) is 11.1 Å². The van der Waals surface area contributed by atoms with Crippen molar-refractivity contribution in [1.82, 2.24) is 14.7 Å².